The van der Waals surface area contributed by atoms with Crippen LogP contribution in [0.25, 0.3) is 16.7 Å². The number of hydrogen-bond acceptors (Lipinski definition) is 4. The second kappa shape index (κ2) is 6.23. The van der Waals surface area contributed by atoms with Crippen LogP contribution in [-0.4, -0.2) is 23.4 Å². The fourth-order valence-corrected chi connectivity index (χ4v) is 3.55. The lowest BCUT2D eigenvalue weighted by molar-refractivity contribution is 0.601. The average molecular weight is 368 g/mol. The maximum Gasteiger partial charge on any atom is 0.261 e. The molecule has 4 rings (SSSR count). The zero-order valence-electron chi connectivity index (χ0n) is 13.4. The van der Waals surface area contributed by atoms with E-state index < -0.39 is 10.0 Å². The van der Waals surface area contributed by atoms with Crippen LogP contribution in [0.1, 0.15) is 0 Å². The Morgan fingerprint density at radius 3 is 2.27 bits per heavy atom. The van der Waals surface area contributed by atoms with E-state index in [0.717, 1.165) is 0 Å². The summed E-state index contributed by atoms with van der Waals surface area (Å²) in [4.78, 5) is 1.55. The van der Waals surface area contributed by atoms with Crippen molar-refractivity contribution in [1.29, 1.82) is 0 Å². The summed E-state index contributed by atoms with van der Waals surface area (Å²) in [6.45, 7) is 0. The molecular formula is C18H13FN4O2S. The fraction of sp³-hybridized carbons (Fsp3) is 0. The maximum atomic E-state index is 13.0. The van der Waals surface area contributed by atoms with Crippen LogP contribution in [0.3, 0.4) is 0 Å². The molecule has 0 aliphatic carbocycles. The highest BCUT2D eigenvalue weighted by Crippen LogP contribution is 2.20. The van der Waals surface area contributed by atoms with E-state index in [1.54, 1.807) is 48.5 Å². The van der Waals surface area contributed by atoms with Gasteiger partial charge in [0.25, 0.3) is 10.0 Å². The van der Waals surface area contributed by atoms with E-state index in [4.69, 9.17) is 0 Å². The van der Waals surface area contributed by atoms with Gasteiger partial charge in [0.15, 0.2) is 0 Å². The zero-order valence-corrected chi connectivity index (χ0v) is 14.2. The first-order valence-corrected chi connectivity index (χ1v) is 9.20. The van der Waals surface area contributed by atoms with Crippen LogP contribution in [-0.2, 0) is 10.0 Å². The molecule has 3 aromatic carbocycles. The van der Waals surface area contributed by atoms with Gasteiger partial charge in [-0.3, -0.25) is 4.72 Å². The lowest BCUT2D eigenvalue weighted by Gasteiger charge is -2.07. The molecule has 130 valence electrons. The van der Waals surface area contributed by atoms with Crippen molar-refractivity contribution in [2.24, 2.45) is 0 Å². The number of nitrogens with one attached hydrogen (secondary N) is 1. The van der Waals surface area contributed by atoms with Gasteiger partial charge in [-0.25, -0.2) is 12.8 Å². The van der Waals surface area contributed by atoms with Crippen molar-refractivity contribution in [3.63, 3.8) is 0 Å². The molecule has 26 heavy (non-hydrogen) atoms. The molecule has 4 aromatic rings. The summed E-state index contributed by atoms with van der Waals surface area (Å²) < 4.78 is 40.4. The monoisotopic (exact) mass is 368 g/mol. The highest BCUT2D eigenvalue weighted by atomic mass is 32.2. The quantitative estimate of drug-likeness (QED) is 0.599. The molecule has 0 radical (unpaired) electrons. The summed E-state index contributed by atoms with van der Waals surface area (Å²) in [5.74, 6) is -0.344. The van der Waals surface area contributed by atoms with Crippen molar-refractivity contribution < 1.29 is 12.8 Å². The number of fused-ring (bicyclic) bond motifs is 1. The van der Waals surface area contributed by atoms with Gasteiger partial charge >= 0.3 is 0 Å². The van der Waals surface area contributed by atoms with Crippen molar-refractivity contribution in [3.05, 3.63) is 78.6 Å². The number of sulfonamides is 1. The average Bonchev–Trinajstić information content (AvgIpc) is 3.06. The van der Waals surface area contributed by atoms with Gasteiger partial charge in [0.05, 0.1) is 16.3 Å². The van der Waals surface area contributed by atoms with Crippen LogP contribution in [0.2, 0.25) is 0 Å². The normalized spacial score (nSPS) is 11.6. The molecule has 8 heteroatoms. The van der Waals surface area contributed by atoms with E-state index in [-0.39, 0.29) is 10.7 Å². The van der Waals surface area contributed by atoms with Gasteiger partial charge in [0.2, 0.25) is 0 Å². The SMILES string of the molecule is O=S(=O)(Nc1ccc2nn(-c3ccc(F)cc3)nc2c1)c1ccccc1. The number of aromatic nitrogens is 3. The van der Waals surface area contributed by atoms with Gasteiger partial charge in [0.1, 0.15) is 16.9 Å². The minimum absolute atomic E-state index is 0.176. The number of hydrogen-bond donors (Lipinski definition) is 1. The van der Waals surface area contributed by atoms with E-state index in [9.17, 15) is 12.8 Å². The van der Waals surface area contributed by atoms with Gasteiger partial charge in [0, 0.05) is 0 Å². The Kier molecular flexibility index (Phi) is 3.89. The Morgan fingerprint density at radius 2 is 1.54 bits per heavy atom. The molecule has 0 fully saturated rings. The van der Waals surface area contributed by atoms with Gasteiger partial charge in [-0.05, 0) is 54.6 Å². The molecule has 1 heterocycles. The maximum absolute atomic E-state index is 13.0. The highest BCUT2D eigenvalue weighted by Gasteiger charge is 2.14. The Morgan fingerprint density at radius 1 is 0.846 bits per heavy atom. The molecular weight excluding hydrogens is 355 g/mol. The first-order chi connectivity index (χ1) is 12.5. The molecule has 0 bridgehead atoms. The minimum Gasteiger partial charge on any atom is -0.280 e. The summed E-state index contributed by atoms with van der Waals surface area (Å²) in [7, 11) is -3.68. The van der Waals surface area contributed by atoms with Crippen LogP contribution < -0.4 is 4.72 Å². The molecule has 0 spiro atoms. The molecule has 1 N–H and O–H groups in total. The number of rotatable bonds is 4. The van der Waals surface area contributed by atoms with Gasteiger partial charge in [-0.1, -0.05) is 18.2 Å². The third kappa shape index (κ3) is 3.14. The van der Waals surface area contributed by atoms with Gasteiger partial charge in [-0.15, -0.1) is 10.2 Å². The lowest BCUT2D eigenvalue weighted by atomic mass is 10.3. The smallest absolute Gasteiger partial charge is 0.261 e. The topological polar surface area (TPSA) is 76.9 Å². The lowest BCUT2D eigenvalue weighted by Crippen LogP contribution is -2.12. The van der Waals surface area contributed by atoms with Crippen molar-refractivity contribution in [3.8, 4) is 5.69 Å². The van der Waals surface area contributed by atoms with E-state index in [2.05, 4.69) is 14.9 Å². The van der Waals surface area contributed by atoms with E-state index >= 15 is 0 Å². The standard InChI is InChI=1S/C18H13FN4O2S/c19-13-6-9-15(10-7-13)23-20-17-11-8-14(12-18(17)21-23)22-26(24,25)16-4-2-1-3-5-16/h1-12,22H. The molecule has 0 aliphatic heterocycles. The first-order valence-electron chi connectivity index (χ1n) is 7.72. The van der Waals surface area contributed by atoms with E-state index in [1.807, 2.05) is 0 Å². The Bertz CT molecular complexity index is 1170. The van der Waals surface area contributed by atoms with Gasteiger partial charge in [-0.2, -0.15) is 4.80 Å². The highest BCUT2D eigenvalue weighted by molar-refractivity contribution is 7.92. The number of nitrogens with zero attached hydrogens (tertiary/aromatic N) is 3. The first kappa shape index (κ1) is 16.2. The number of anilines is 1. The predicted octanol–water partition coefficient (Wildman–Crippen LogP) is 3.36. The van der Waals surface area contributed by atoms with E-state index in [0.29, 0.717) is 22.4 Å². The third-order valence-corrected chi connectivity index (χ3v) is 5.14. The largest absolute Gasteiger partial charge is 0.280 e. The molecule has 0 saturated heterocycles. The summed E-state index contributed by atoms with van der Waals surface area (Å²) in [5, 5.41) is 8.64. The van der Waals surface area contributed by atoms with Crippen molar-refractivity contribution in [2.75, 3.05) is 4.72 Å². The summed E-state index contributed by atoms with van der Waals surface area (Å²) in [6, 6.07) is 18.8. The molecule has 6 nitrogen and oxygen atoms in total. The Labute approximate surface area is 148 Å². The fourth-order valence-electron chi connectivity index (χ4n) is 2.48. The van der Waals surface area contributed by atoms with Crippen molar-refractivity contribution in [1.82, 2.24) is 15.0 Å². The molecule has 1 aromatic heterocycles. The number of benzene rings is 3. The van der Waals surface area contributed by atoms with Crippen LogP contribution in [0.4, 0.5) is 10.1 Å². The van der Waals surface area contributed by atoms with Crippen molar-refractivity contribution in [2.45, 2.75) is 4.90 Å². The second-order valence-electron chi connectivity index (χ2n) is 5.59. The summed E-state index contributed by atoms with van der Waals surface area (Å²) in [6.07, 6.45) is 0. The van der Waals surface area contributed by atoms with Crippen molar-refractivity contribution >= 4 is 26.7 Å². The third-order valence-electron chi connectivity index (χ3n) is 3.74. The molecule has 0 saturated carbocycles. The van der Waals surface area contributed by atoms with Gasteiger partial charge < -0.3 is 0 Å². The molecule has 0 unspecified atom stereocenters. The van der Waals surface area contributed by atoms with Crippen LogP contribution >= 0.6 is 0 Å². The summed E-state index contributed by atoms with van der Waals surface area (Å²) >= 11 is 0. The van der Waals surface area contributed by atoms with Crippen LogP contribution in [0.15, 0.2) is 77.7 Å². The Balaban J connectivity index is 1.67. The second-order valence-corrected chi connectivity index (χ2v) is 7.27. The Hall–Kier alpha value is -3.26. The molecule has 0 aliphatic rings. The molecule has 0 atom stereocenters. The molecule has 0 amide bonds. The number of halogens is 1. The summed E-state index contributed by atoms with van der Waals surface area (Å²) in [5.41, 5.74) is 2.10. The van der Waals surface area contributed by atoms with Crippen LogP contribution in [0.5, 0.6) is 0 Å². The zero-order chi connectivity index (χ0) is 18.1. The van der Waals surface area contributed by atoms with Crippen LogP contribution in [0, 0.1) is 5.82 Å². The predicted molar refractivity (Wildman–Crippen MR) is 96.1 cm³/mol. The minimum atomic E-state index is -3.68. The van der Waals surface area contributed by atoms with E-state index in [1.165, 1.54) is 29.1 Å².